The molecule has 0 rings (SSSR count). The highest BCUT2D eigenvalue weighted by atomic mass is 33.1. The lowest BCUT2D eigenvalue weighted by Gasteiger charge is -2.12. The Bertz CT molecular complexity index is 140. The summed E-state index contributed by atoms with van der Waals surface area (Å²) < 4.78 is 16.8. The van der Waals surface area contributed by atoms with Gasteiger partial charge in [-0.25, -0.2) is 0 Å². The molecule has 0 fully saturated rings. The van der Waals surface area contributed by atoms with Crippen molar-refractivity contribution in [2.45, 2.75) is 26.7 Å². The lowest BCUT2D eigenvalue weighted by Crippen LogP contribution is -1.81. The van der Waals surface area contributed by atoms with E-state index in [1.165, 1.54) is 29.9 Å². The van der Waals surface area contributed by atoms with E-state index >= 15 is 0 Å². The molecule has 0 aliphatic heterocycles. The van der Waals surface area contributed by atoms with Crippen LogP contribution in [0.5, 0.6) is 0 Å². The Balaban J connectivity index is 3.79. The summed E-state index contributed by atoms with van der Waals surface area (Å²) in [6, 6.07) is 0. The second kappa shape index (κ2) is 7.31. The van der Waals surface area contributed by atoms with Gasteiger partial charge >= 0.3 is 5.77 Å². The Morgan fingerprint density at radius 2 is 1.58 bits per heavy atom. The maximum atomic E-state index is 11.8. The minimum absolute atomic E-state index is 0.918. The molecule has 0 N–H and O–H groups in total. The van der Waals surface area contributed by atoms with Gasteiger partial charge in [0.25, 0.3) is 0 Å². The van der Waals surface area contributed by atoms with Crippen LogP contribution >= 0.6 is 28.5 Å². The highest BCUT2D eigenvalue weighted by Crippen LogP contribution is 2.69. The fraction of sp³-hybridized carbons (Fsp3) is 1.00. The molecule has 0 unspecified atom stereocenters. The van der Waals surface area contributed by atoms with Crippen molar-refractivity contribution in [2.24, 2.45) is 0 Å². The van der Waals surface area contributed by atoms with Crippen molar-refractivity contribution in [3.63, 3.8) is 0 Å². The maximum Gasteiger partial charge on any atom is 0.312 e. The van der Waals surface area contributed by atoms with Crippen LogP contribution in [0.4, 0.5) is 0 Å². The van der Waals surface area contributed by atoms with E-state index in [4.69, 9.17) is 4.52 Å². The third-order valence-electron chi connectivity index (χ3n) is 1.13. The highest BCUT2D eigenvalue weighted by Gasteiger charge is 2.21. The van der Waals surface area contributed by atoms with E-state index in [0.717, 1.165) is 24.3 Å². The summed E-state index contributed by atoms with van der Waals surface area (Å²) in [7, 11) is 1.53. The summed E-state index contributed by atoms with van der Waals surface area (Å²) in [5.74, 6) is -0.563. The average molecular weight is 228 g/mol. The topological polar surface area (TPSA) is 26.3 Å². The first-order valence-corrected chi connectivity index (χ1v) is 8.94. The van der Waals surface area contributed by atoms with Gasteiger partial charge in [-0.1, -0.05) is 36.6 Å². The first kappa shape index (κ1) is 12.9. The van der Waals surface area contributed by atoms with Crippen molar-refractivity contribution >= 4 is 28.5 Å². The molecule has 0 spiro atoms. The molecule has 74 valence electrons. The first-order chi connectivity index (χ1) is 5.68. The number of hydrogen-bond donors (Lipinski definition) is 0. The van der Waals surface area contributed by atoms with Crippen LogP contribution in [0.25, 0.3) is 0 Å². The Hall–Kier alpha value is 0.890. The van der Waals surface area contributed by atoms with E-state index in [9.17, 15) is 4.57 Å². The zero-order valence-electron chi connectivity index (χ0n) is 7.91. The summed E-state index contributed by atoms with van der Waals surface area (Å²) in [6.45, 7) is 4.16. The molecule has 0 heterocycles. The molecule has 0 saturated heterocycles. The van der Waals surface area contributed by atoms with Gasteiger partial charge in [-0.2, -0.15) is 0 Å². The van der Waals surface area contributed by atoms with Crippen LogP contribution in [0.15, 0.2) is 0 Å². The lowest BCUT2D eigenvalue weighted by atomic mass is 10.6. The van der Waals surface area contributed by atoms with E-state index in [1.54, 1.807) is 0 Å². The van der Waals surface area contributed by atoms with Gasteiger partial charge in [0.1, 0.15) is 0 Å². The average Bonchev–Trinajstić information content (AvgIpc) is 2.11. The van der Waals surface area contributed by atoms with E-state index < -0.39 is 5.77 Å². The van der Waals surface area contributed by atoms with Crippen molar-refractivity contribution in [1.82, 2.24) is 0 Å². The van der Waals surface area contributed by atoms with Gasteiger partial charge in [0.15, 0.2) is 0 Å². The fourth-order valence-corrected chi connectivity index (χ4v) is 6.95. The molecule has 2 nitrogen and oxygen atoms in total. The van der Waals surface area contributed by atoms with Crippen LogP contribution in [0.1, 0.15) is 26.7 Å². The number of hydrogen-bond acceptors (Lipinski definition) is 4. The van der Waals surface area contributed by atoms with E-state index in [0.29, 0.717) is 0 Å². The van der Waals surface area contributed by atoms with Gasteiger partial charge in [0.2, 0.25) is 0 Å². The molecule has 0 aliphatic carbocycles. The van der Waals surface area contributed by atoms with Gasteiger partial charge < -0.3 is 4.52 Å². The predicted molar refractivity (Wildman–Crippen MR) is 60.1 cm³/mol. The molecular formula is C7H17O2PS2. The van der Waals surface area contributed by atoms with Crippen molar-refractivity contribution < 1.29 is 9.09 Å². The molecule has 0 aromatic carbocycles. The van der Waals surface area contributed by atoms with Gasteiger partial charge in [-0.3, -0.25) is 4.57 Å². The molecular weight excluding hydrogens is 211 g/mol. The van der Waals surface area contributed by atoms with Crippen LogP contribution in [0.3, 0.4) is 0 Å². The van der Waals surface area contributed by atoms with Crippen molar-refractivity contribution in [3.05, 3.63) is 0 Å². The fourth-order valence-electron chi connectivity index (χ4n) is 0.549. The summed E-state index contributed by atoms with van der Waals surface area (Å²) >= 11 is 2.92. The smallest absolute Gasteiger partial charge is 0.312 e. The van der Waals surface area contributed by atoms with Crippen molar-refractivity contribution in [1.29, 1.82) is 0 Å². The SMILES string of the molecule is CCCSP(=O)(OC)SCCC. The molecule has 0 amide bonds. The highest BCUT2D eigenvalue weighted by molar-refractivity contribution is 8.89. The monoisotopic (exact) mass is 228 g/mol. The molecule has 0 aromatic heterocycles. The lowest BCUT2D eigenvalue weighted by molar-refractivity contribution is 0.424. The quantitative estimate of drug-likeness (QED) is 0.615. The van der Waals surface area contributed by atoms with Crippen LogP contribution in [0, 0.1) is 0 Å². The first-order valence-electron chi connectivity index (χ1n) is 4.13. The predicted octanol–water partition coefficient (Wildman–Crippen LogP) is 4.03. The molecule has 5 heteroatoms. The Morgan fingerprint density at radius 1 is 1.17 bits per heavy atom. The molecule has 0 bridgehead atoms. The number of rotatable bonds is 7. The van der Waals surface area contributed by atoms with E-state index in [1.807, 2.05) is 0 Å². The second-order valence-electron chi connectivity index (χ2n) is 2.30. The van der Waals surface area contributed by atoms with Crippen molar-refractivity contribution in [2.75, 3.05) is 18.6 Å². The third-order valence-corrected chi connectivity index (χ3v) is 9.18. The van der Waals surface area contributed by atoms with Crippen LogP contribution in [0.2, 0.25) is 0 Å². The maximum absolute atomic E-state index is 11.8. The van der Waals surface area contributed by atoms with E-state index in [2.05, 4.69) is 13.8 Å². The van der Waals surface area contributed by atoms with E-state index in [-0.39, 0.29) is 0 Å². The van der Waals surface area contributed by atoms with Crippen LogP contribution < -0.4 is 0 Å². The summed E-state index contributed by atoms with van der Waals surface area (Å²) in [5, 5.41) is 0. The van der Waals surface area contributed by atoms with Crippen LogP contribution in [-0.4, -0.2) is 18.6 Å². The van der Waals surface area contributed by atoms with Crippen molar-refractivity contribution in [3.8, 4) is 0 Å². The van der Waals surface area contributed by atoms with Crippen LogP contribution in [-0.2, 0) is 9.09 Å². The Kier molecular flexibility index (Phi) is 7.85. The van der Waals surface area contributed by atoms with Gasteiger partial charge in [-0.05, 0) is 12.8 Å². The normalized spacial score (nSPS) is 11.9. The zero-order chi connectivity index (χ0) is 9.45. The third kappa shape index (κ3) is 5.52. The molecule has 12 heavy (non-hydrogen) atoms. The Morgan fingerprint density at radius 3 is 1.83 bits per heavy atom. The second-order valence-corrected chi connectivity index (χ2v) is 10.0. The Labute approximate surface area is 83.2 Å². The molecule has 0 saturated carbocycles. The van der Waals surface area contributed by atoms with Gasteiger partial charge in [-0.15, -0.1) is 0 Å². The molecule has 0 aliphatic rings. The molecule has 0 aromatic rings. The molecule has 0 atom stereocenters. The standard InChI is InChI=1S/C7H17O2PS2/c1-4-6-11-10(8,9-3)12-7-5-2/h4-7H2,1-3H3. The van der Waals surface area contributed by atoms with Gasteiger partial charge in [0, 0.05) is 18.6 Å². The minimum atomic E-state index is -2.40. The zero-order valence-corrected chi connectivity index (χ0v) is 10.4. The summed E-state index contributed by atoms with van der Waals surface area (Å²) in [6.07, 6.45) is 2.09. The molecule has 0 radical (unpaired) electrons. The minimum Gasteiger partial charge on any atom is -0.317 e. The summed E-state index contributed by atoms with van der Waals surface area (Å²) in [4.78, 5) is 0. The van der Waals surface area contributed by atoms with Gasteiger partial charge in [0.05, 0.1) is 0 Å². The summed E-state index contributed by atoms with van der Waals surface area (Å²) in [5.41, 5.74) is 0. The largest absolute Gasteiger partial charge is 0.317 e.